The molecule has 0 aliphatic carbocycles. The summed E-state index contributed by atoms with van der Waals surface area (Å²) in [5.41, 5.74) is 0. The van der Waals surface area contributed by atoms with E-state index in [0.717, 1.165) is 128 Å². The molecule has 0 saturated carbocycles. The van der Waals surface area contributed by atoms with Crippen LogP contribution in [0.5, 0.6) is 0 Å². The molecule has 6 nitrogen and oxygen atoms in total. The molecule has 0 aromatic rings. The highest BCUT2D eigenvalue weighted by atomic mass is 16.6. The first-order valence-electron chi connectivity index (χ1n) is 30.4. The summed E-state index contributed by atoms with van der Waals surface area (Å²) >= 11 is 0. The van der Waals surface area contributed by atoms with Crippen molar-refractivity contribution in [3.63, 3.8) is 0 Å². The second-order valence-electron chi connectivity index (χ2n) is 19.9. The lowest BCUT2D eigenvalue weighted by Gasteiger charge is -2.18. The maximum atomic E-state index is 12.8. The Morgan fingerprint density at radius 3 is 0.877 bits per heavy atom. The minimum atomic E-state index is -0.784. The molecule has 0 heterocycles. The minimum Gasteiger partial charge on any atom is -0.462 e. The largest absolute Gasteiger partial charge is 0.462 e. The maximum absolute atomic E-state index is 12.8. The normalized spacial score (nSPS) is 12.9. The van der Waals surface area contributed by atoms with E-state index in [9.17, 15) is 14.4 Å². The number of hydrogen-bond donors (Lipinski definition) is 0. The quantitative estimate of drug-likeness (QED) is 0.0261. The molecule has 6 heteroatoms. The van der Waals surface area contributed by atoms with E-state index in [0.29, 0.717) is 19.3 Å². The molecule has 73 heavy (non-hydrogen) atoms. The highest BCUT2D eigenvalue weighted by Crippen LogP contribution is 2.15. The first-order valence-corrected chi connectivity index (χ1v) is 30.4. The van der Waals surface area contributed by atoms with Gasteiger partial charge >= 0.3 is 17.9 Å². The van der Waals surface area contributed by atoms with E-state index in [2.05, 4.69) is 130 Å². The lowest BCUT2D eigenvalue weighted by molar-refractivity contribution is -0.167. The van der Waals surface area contributed by atoms with Crippen molar-refractivity contribution in [1.29, 1.82) is 0 Å². The Bertz CT molecular complexity index is 1490. The predicted molar refractivity (Wildman–Crippen MR) is 316 cm³/mol. The van der Waals surface area contributed by atoms with Crippen molar-refractivity contribution in [2.45, 2.75) is 284 Å². The molecule has 0 rings (SSSR count). The number of carbonyl (C=O) groups excluding carboxylic acids is 3. The van der Waals surface area contributed by atoms with Crippen LogP contribution in [0.2, 0.25) is 0 Å². The summed E-state index contributed by atoms with van der Waals surface area (Å²) in [7, 11) is 0. The Balaban J connectivity index is 4.12. The van der Waals surface area contributed by atoms with E-state index < -0.39 is 6.10 Å². The molecule has 0 aliphatic heterocycles. The molecule has 0 fully saturated rings. The lowest BCUT2D eigenvalue weighted by Crippen LogP contribution is -2.30. The van der Waals surface area contributed by atoms with E-state index in [1.54, 1.807) is 0 Å². The average Bonchev–Trinajstić information content (AvgIpc) is 3.39. The zero-order valence-electron chi connectivity index (χ0n) is 47.6. The summed E-state index contributed by atoms with van der Waals surface area (Å²) in [5.74, 6) is -0.902. The Morgan fingerprint density at radius 1 is 0.288 bits per heavy atom. The molecule has 0 radical (unpaired) electrons. The van der Waals surface area contributed by atoms with E-state index in [1.807, 2.05) is 0 Å². The monoisotopic (exact) mass is 1010 g/mol. The number of rotatable bonds is 54. The van der Waals surface area contributed by atoms with E-state index in [1.165, 1.54) is 109 Å². The zero-order chi connectivity index (χ0) is 52.9. The standard InChI is InChI=1S/C67H112O6/c1-4-7-10-13-16-19-21-23-25-26-27-28-29-30-31-32-33-34-35-36-37-38-39-40-41-42-43-45-46-48-51-54-57-60-66(69)72-63-64(62-71-65(68)59-56-53-50-18-15-12-9-6-3)73-67(70)61-58-55-52-49-47-44-24-22-20-17-14-11-8-5-2/h7,10,14,16-17,19,22-25,27-28,30-31,33-34,36-37,64H,4-6,8-9,11-13,15,18,20-21,26,29,32,35,38-63H2,1-3H3/b10-7-,17-14-,19-16-,24-22-,25-23-,28-27-,31-30-,34-33-,37-36-. The van der Waals surface area contributed by atoms with Crippen molar-refractivity contribution in [2.75, 3.05) is 13.2 Å². The molecule has 1 atom stereocenters. The first-order chi connectivity index (χ1) is 36.0. The Kier molecular flexibility index (Phi) is 57.4. The van der Waals surface area contributed by atoms with Crippen molar-refractivity contribution >= 4 is 17.9 Å². The van der Waals surface area contributed by atoms with Gasteiger partial charge in [0.2, 0.25) is 0 Å². The van der Waals surface area contributed by atoms with Gasteiger partial charge in [-0.05, 0) is 103 Å². The fraction of sp³-hybridized carbons (Fsp3) is 0.687. The van der Waals surface area contributed by atoms with Crippen LogP contribution in [0.1, 0.15) is 278 Å². The second-order valence-corrected chi connectivity index (χ2v) is 19.9. The number of ether oxygens (including phenoxy) is 3. The second kappa shape index (κ2) is 60.6. The summed E-state index contributed by atoms with van der Waals surface area (Å²) in [6.07, 6.45) is 82.5. The number of unbranched alkanes of at least 4 members (excludes halogenated alkanes) is 25. The van der Waals surface area contributed by atoms with Gasteiger partial charge in [0.05, 0.1) is 0 Å². The first kappa shape index (κ1) is 69.1. The predicted octanol–water partition coefficient (Wildman–Crippen LogP) is 20.7. The van der Waals surface area contributed by atoms with Crippen molar-refractivity contribution in [2.24, 2.45) is 0 Å². The summed E-state index contributed by atoms with van der Waals surface area (Å²) in [4.78, 5) is 38.0. The molecular weight excluding hydrogens is 901 g/mol. The van der Waals surface area contributed by atoms with Gasteiger partial charge in [0.1, 0.15) is 13.2 Å². The molecule has 416 valence electrons. The molecule has 0 spiro atoms. The van der Waals surface area contributed by atoms with Crippen molar-refractivity contribution < 1.29 is 28.6 Å². The molecule has 0 aliphatic rings. The van der Waals surface area contributed by atoms with Gasteiger partial charge in [0.25, 0.3) is 0 Å². The number of allylic oxidation sites excluding steroid dienone is 18. The summed E-state index contributed by atoms with van der Waals surface area (Å²) in [6, 6.07) is 0. The molecule has 0 saturated heterocycles. The number of hydrogen-bond acceptors (Lipinski definition) is 6. The number of esters is 3. The van der Waals surface area contributed by atoms with E-state index >= 15 is 0 Å². The molecule has 0 N–H and O–H groups in total. The molecule has 0 aromatic carbocycles. The van der Waals surface area contributed by atoms with Gasteiger partial charge in [-0.3, -0.25) is 14.4 Å². The van der Waals surface area contributed by atoms with Crippen molar-refractivity contribution in [3.05, 3.63) is 109 Å². The smallest absolute Gasteiger partial charge is 0.306 e. The van der Waals surface area contributed by atoms with Crippen LogP contribution in [0.3, 0.4) is 0 Å². The van der Waals surface area contributed by atoms with Crippen LogP contribution in [0.15, 0.2) is 109 Å². The molecule has 0 amide bonds. The SMILES string of the molecule is CC/C=C\C/C=C\C/C=C\C/C=C\C/C=C\C/C=C\C/C=C\CCCCCCCCCCCCCC(=O)OCC(COC(=O)CCCCCCCCCC)OC(=O)CCCCCCC/C=C\C/C=C\CCCC. The van der Waals surface area contributed by atoms with Crippen LogP contribution in [0.4, 0.5) is 0 Å². The fourth-order valence-electron chi connectivity index (χ4n) is 8.20. The van der Waals surface area contributed by atoms with Gasteiger partial charge in [0.15, 0.2) is 6.10 Å². The summed E-state index contributed by atoms with van der Waals surface area (Å²) in [5, 5.41) is 0. The van der Waals surface area contributed by atoms with Crippen LogP contribution in [0, 0.1) is 0 Å². The van der Waals surface area contributed by atoms with E-state index in [-0.39, 0.29) is 31.1 Å². The molecule has 0 bridgehead atoms. The van der Waals surface area contributed by atoms with Crippen molar-refractivity contribution in [3.8, 4) is 0 Å². The van der Waals surface area contributed by atoms with Crippen LogP contribution >= 0.6 is 0 Å². The van der Waals surface area contributed by atoms with Crippen LogP contribution in [-0.4, -0.2) is 37.2 Å². The van der Waals surface area contributed by atoms with Crippen molar-refractivity contribution in [1.82, 2.24) is 0 Å². The Morgan fingerprint density at radius 2 is 0.548 bits per heavy atom. The van der Waals surface area contributed by atoms with E-state index in [4.69, 9.17) is 14.2 Å². The van der Waals surface area contributed by atoms with Gasteiger partial charge < -0.3 is 14.2 Å². The number of carbonyl (C=O) groups is 3. The van der Waals surface area contributed by atoms with Gasteiger partial charge in [-0.1, -0.05) is 265 Å². The maximum Gasteiger partial charge on any atom is 0.306 e. The summed E-state index contributed by atoms with van der Waals surface area (Å²) in [6.45, 7) is 6.44. The zero-order valence-corrected chi connectivity index (χ0v) is 47.6. The Hall–Kier alpha value is -3.93. The highest BCUT2D eigenvalue weighted by Gasteiger charge is 2.19. The van der Waals surface area contributed by atoms with Crippen LogP contribution < -0.4 is 0 Å². The van der Waals surface area contributed by atoms with Gasteiger partial charge in [-0.25, -0.2) is 0 Å². The molecule has 0 aromatic heterocycles. The van der Waals surface area contributed by atoms with Crippen LogP contribution in [0.25, 0.3) is 0 Å². The topological polar surface area (TPSA) is 78.9 Å². The third kappa shape index (κ3) is 58.8. The lowest BCUT2D eigenvalue weighted by atomic mass is 10.0. The highest BCUT2D eigenvalue weighted by molar-refractivity contribution is 5.71. The minimum absolute atomic E-state index is 0.0828. The fourth-order valence-corrected chi connectivity index (χ4v) is 8.20. The third-order valence-corrected chi connectivity index (χ3v) is 12.8. The van der Waals surface area contributed by atoms with Gasteiger partial charge in [-0.2, -0.15) is 0 Å². The van der Waals surface area contributed by atoms with Gasteiger partial charge in [-0.15, -0.1) is 0 Å². The molecular formula is C67H112O6. The average molecular weight is 1010 g/mol. The van der Waals surface area contributed by atoms with Crippen LogP contribution in [-0.2, 0) is 28.6 Å². The summed E-state index contributed by atoms with van der Waals surface area (Å²) < 4.78 is 16.8. The Labute approximate surface area is 450 Å². The molecule has 1 unspecified atom stereocenters. The third-order valence-electron chi connectivity index (χ3n) is 12.8. The van der Waals surface area contributed by atoms with Gasteiger partial charge in [0, 0.05) is 19.3 Å².